The van der Waals surface area contributed by atoms with E-state index in [-0.39, 0.29) is 19.6 Å². The van der Waals surface area contributed by atoms with Gasteiger partial charge in [-0.3, -0.25) is 4.57 Å². The molecule has 0 aliphatic carbocycles. The number of aliphatic hydroxyl groups excluding tert-OH is 1. The third-order valence-corrected chi connectivity index (χ3v) is 7.23. The minimum Gasteiger partial charge on any atom is -0.385 e. The lowest BCUT2D eigenvalue weighted by Crippen LogP contribution is -2.42. The first-order valence-corrected chi connectivity index (χ1v) is 11.3. The van der Waals surface area contributed by atoms with Crippen LogP contribution in [0, 0.1) is 6.92 Å². The Kier molecular flexibility index (Phi) is 9.66. The summed E-state index contributed by atoms with van der Waals surface area (Å²) in [5.74, 6) is 0. The first-order chi connectivity index (χ1) is 12.6. The van der Waals surface area contributed by atoms with Gasteiger partial charge in [-0.25, -0.2) is 0 Å². The number of aliphatic hydroxyl groups is 1. The topological polar surface area (TPSA) is 55.8 Å². The largest absolute Gasteiger partial charge is 0.402 e. The summed E-state index contributed by atoms with van der Waals surface area (Å²) in [5, 5.41) is 9.60. The normalized spacial score (nSPS) is 14.7. The highest BCUT2D eigenvalue weighted by atomic mass is 32.2. The lowest BCUT2D eigenvalue weighted by atomic mass is 10.1. The summed E-state index contributed by atoms with van der Waals surface area (Å²) in [6, 6.07) is 7.36. The minimum absolute atomic E-state index is 0.190. The summed E-state index contributed by atoms with van der Waals surface area (Å²) < 4.78 is 52.2. The number of thioether (sulfide) groups is 1. The molecule has 0 radical (unpaired) electrons. The molecule has 4 nitrogen and oxygen atoms in total. The van der Waals surface area contributed by atoms with Gasteiger partial charge in [0.15, 0.2) is 0 Å². The number of alkyl halides is 2. The molecule has 0 saturated heterocycles. The highest BCUT2D eigenvalue weighted by Crippen LogP contribution is 2.64. The monoisotopic (exact) mass is 422 g/mol. The highest BCUT2D eigenvalue weighted by molar-refractivity contribution is 8.00. The van der Waals surface area contributed by atoms with Crippen LogP contribution in [-0.4, -0.2) is 35.3 Å². The molecule has 1 aromatic carbocycles. The van der Waals surface area contributed by atoms with Gasteiger partial charge in [0.05, 0.1) is 13.2 Å². The number of aryl methyl sites for hydroxylation is 1. The van der Waals surface area contributed by atoms with Crippen LogP contribution in [-0.2, 0) is 13.6 Å². The predicted octanol–water partition coefficient (Wildman–Crippen LogP) is 6.03. The number of hydrogen-bond donors (Lipinski definition) is 1. The lowest BCUT2D eigenvalue weighted by Gasteiger charge is -2.33. The van der Waals surface area contributed by atoms with Crippen LogP contribution in [0.15, 0.2) is 40.8 Å². The molecule has 0 spiro atoms. The van der Waals surface area contributed by atoms with Crippen LogP contribution in [0.5, 0.6) is 0 Å². The second-order valence-electron chi connectivity index (χ2n) is 6.35. The van der Waals surface area contributed by atoms with Crippen LogP contribution in [0.2, 0.25) is 0 Å². The maximum atomic E-state index is 15.0. The molecule has 0 fully saturated rings. The number of rotatable bonds is 11. The van der Waals surface area contributed by atoms with E-state index in [9.17, 15) is 18.5 Å². The smallest absolute Gasteiger partial charge is 0.385 e. The molecule has 0 aliphatic rings. The van der Waals surface area contributed by atoms with Crippen molar-refractivity contribution in [2.45, 2.75) is 63.0 Å². The SMILES string of the molecule is CCOP(=O)(OCC)C(F)(F)[C@H](O)C(CC=C(C)C)Sc1ccc(C)cc1. The van der Waals surface area contributed by atoms with Gasteiger partial charge in [-0.15, -0.1) is 11.8 Å². The summed E-state index contributed by atoms with van der Waals surface area (Å²) >= 11 is 1.12. The average Bonchev–Trinajstić information content (AvgIpc) is 2.59. The quantitative estimate of drug-likeness (QED) is 0.268. The zero-order chi connectivity index (χ0) is 20.7. The summed E-state index contributed by atoms with van der Waals surface area (Å²) in [4.78, 5) is 0.741. The standard InChI is InChI=1S/C19H29F2O4PS/c1-6-24-26(23,25-7-2)19(20,21)18(22)17(13-8-14(3)4)27-16-11-9-15(5)10-12-16/h8-12,17-18,22H,6-7,13H2,1-5H3/t17?,18-/m1/s1. The Balaban J connectivity index is 3.18. The third kappa shape index (κ3) is 6.68. The Morgan fingerprint density at radius 1 is 1.22 bits per heavy atom. The van der Waals surface area contributed by atoms with E-state index in [0.29, 0.717) is 0 Å². The van der Waals surface area contributed by atoms with E-state index in [1.165, 1.54) is 13.8 Å². The van der Waals surface area contributed by atoms with E-state index in [0.717, 1.165) is 27.8 Å². The fraction of sp³-hybridized carbons (Fsp3) is 0.579. The molecule has 154 valence electrons. The van der Waals surface area contributed by atoms with Crippen molar-refractivity contribution in [3.8, 4) is 0 Å². The number of benzene rings is 1. The second-order valence-corrected chi connectivity index (χ2v) is 9.77. The van der Waals surface area contributed by atoms with Crippen LogP contribution in [0.25, 0.3) is 0 Å². The van der Waals surface area contributed by atoms with Crippen molar-refractivity contribution in [3.05, 3.63) is 41.5 Å². The van der Waals surface area contributed by atoms with Crippen LogP contribution in [0.3, 0.4) is 0 Å². The zero-order valence-corrected chi connectivity index (χ0v) is 18.2. The van der Waals surface area contributed by atoms with Crippen molar-refractivity contribution >= 4 is 19.4 Å². The molecule has 0 amide bonds. The first-order valence-electron chi connectivity index (χ1n) is 8.89. The Hall–Kier alpha value is -0.720. The summed E-state index contributed by atoms with van der Waals surface area (Å²) in [7, 11) is -4.81. The fourth-order valence-electron chi connectivity index (χ4n) is 2.32. The van der Waals surface area contributed by atoms with Crippen LogP contribution >= 0.6 is 19.4 Å². The van der Waals surface area contributed by atoms with Gasteiger partial charge in [0.2, 0.25) is 0 Å². The average molecular weight is 422 g/mol. The third-order valence-electron chi connectivity index (χ3n) is 3.74. The Bertz CT molecular complexity index is 650. The van der Waals surface area contributed by atoms with Gasteiger partial charge in [0, 0.05) is 10.1 Å². The summed E-state index contributed by atoms with van der Waals surface area (Å²) in [6.45, 7) is 8.13. The second kappa shape index (κ2) is 10.7. The van der Waals surface area contributed by atoms with Crippen molar-refractivity contribution in [1.82, 2.24) is 0 Å². The van der Waals surface area contributed by atoms with Crippen LogP contribution < -0.4 is 0 Å². The van der Waals surface area contributed by atoms with Gasteiger partial charge >= 0.3 is 13.3 Å². The lowest BCUT2D eigenvalue weighted by molar-refractivity contribution is -0.0653. The van der Waals surface area contributed by atoms with E-state index >= 15 is 0 Å². The molecule has 8 heteroatoms. The predicted molar refractivity (Wildman–Crippen MR) is 107 cm³/mol. The highest BCUT2D eigenvalue weighted by Gasteiger charge is 2.60. The van der Waals surface area contributed by atoms with Crippen molar-refractivity contribution in [2.24, 2.45) is 0 Å². The molecule has 0 saturated carbocycles. The van der Waals surface area contributed by atoms with Gasteiger partial charge in [-0.2, -0.15) is 8.78 Å². The molecule has 0 aliphatic heterocycles. The molecule has 1 N–H and O–H groups in total. The molecule has 1 unspecified atom stereocenters. The van der Waals surface area contributed by atoms with Gasteiger partial charge in [0.1, 0.15) is 6.10 Å². The minimum atomic E-state index is -4.81. The summed E-state index contributed by atoms with van der Waals surface area (Å²) in [5.41, 5.74) is -2.04. The van der Waals surface area contributed by atoms with Gasteiger partial charge < -0.3 is 14.2 Å². The van der Waals surface area contributed by atoms with E-state index in [1.54, 1.807) is 6.08 Å². The van der Waals surface area contributed by atoms with Gasteiger partial charge in [-0.1, -0.05) is 29.3 Å². The van der Waals surface area contributed by atoms with E-state index < -0.39 is 24.6 Å². The van der Waals surface area contributed by atoms with Crippen molar-refractivity contribution in [1.29, 1.82) is 0 Å². The summed E-state index contributed by atoms with van der Waals surface area (Å²) in [6.07, 6.45) is -0.240. The molecule has 1 rings (SSSR count). The maximum Gasteiger partial charge on any atom is 0.402 e. The van der Waals surface area contributed by atoms with Crippen molar-refractivity contribution < 1.29 is 27.5 Å². The molecule has 27 heavy (non-hydrogen) atoms. The van der Waals surface area contributed by atoms with E-state index in [4.69, 9.17) is 9.05 Å². The molecular formula is C19H29F2O4PS. The van der Waals surface area contributed by atoms with Crippen LogP contribution in [0.1, 0.15) is 39.7 Å². The molecule has 0 aromatic heterocycles. The number of allylic oxidation sites excluding steroid dienone is 2. The Morgan fingerprint density at radius 3 is 2.19 bits per heavy atom. The van der Waals surface area contributed by atoms with Crippen molar-refractivity contribution in [3.63, 3.8) is 0 Å². The van der Waals surface area contributed by atoms with E-state index in [1.807, 2.05) is 45.0 Å². The van der Waals surface area contributed by atoms with Gasteiger partial charge in [0.25, 0.3) is 0 Å². The molecule has 0 bridgehead atoms. The number of hydrogen-bond acceptors (Lipinski definition) is 5. The molecular weight excluding hydrogens is 393 g/mol. The molecule has 1 aromatic rings. The fourth-order valence-corrected chi connectivity index (χ4v) is 5.16. The first kappa shape index (κ1) is 24.3. The molecule has 0 heterocycles. The zero-order valence-electron chi connectivity index (χ0n) is 16.4. The van der Waals surface area contributed by atoms with Gasteiger partial charge in [-0.05, 0) is 53.2 Å². The molecule has 2 atom stereocenters. The number of halogens is 2. The van der Waals surface area contributed by atoms with Crippen molar-refractivity contribution in [2.75, 3.05) is 13.2 Å². The Morgan fingerprint density at radius 2 is 1.74 bits per heavy atom. The van der Waals surface area contributed by atoms with Crippen LogP contribution in [0.4, 0.5) is 8.78 Å². The maximum absolute atomic E-state index is 15.0. The Labute approximate surface area is 164 Å². The van der Waals surface area contributed by atoms with E-state index in [2.05, 4.69) is 0 Å².